The maximum absolute atomic E-state index is 11.7. The molecule has 0 radical (unpaired) electrons. The fraction of sp³-hybridized carbons (Fsp3) is 0.125. The van der Waals surface area contributed by atoms with Gasteiger partial charge >= 0.3 is 5.97 Å². The third-order valence-corrected chi connectivity index (χ3v) is 3.46. The second kappa shape index (κ2) is 6.01. The van der Waals surface area contributed by atoms with Crippen molar-refractivity contribution in [3.8, 4) is 16.9 Å². The van der Waals surface area contributed by atoms with Crippen molar-refractivity contribution >= 4 is 27.7 Å². The molecular weight excluding hydrogens is 320 g/mol. The van der Waals surface area contributed by atoms with Crippen molar-refractivity contribution in [1.82, 2.24) is 0 Å². The first-order valence-electron chi connectivity index (χ1n) is 6.07. The zero-order valence-corrected chi connectivity index (χ0v) is 12.7. The number of Topliss-reactive ketones (excluding diaryl/α,β-unsaturated/α-hetero) is 1. The molecule has 0 N–H and O–H groups in total. The van der Waals surface area contributed by atoms with Crippen LogP contribution in [0.5, 0.6) is 5.75 Å². The summed E-state index contributed by atoms with van der Waals surface area (Å²) in [5.41, 5.74) is 2.29. The minimum absolute atomic E-state index is 0.00226. The van der Waals surface area contributed by atoms with Crippen LogP contribution in [0.3, 0.4) is 0 Å². The van der Waals surface area contributed by atoms with Gasteiger partial charge in [-0.2, -0.15) is 0 Å². The van der Waals surface area contributed by atoms with E-state index < -0.39 is 0 Å². The topological polar surface area (TPSA) is 43.4 Å². The van der Waals surface area contributed by atoms with Crippen LogP contribution in [0.15, 0.2) is 46.9 Å². The van der Waals surface area contributed by atoms with Crippen LogP contribution in [0.4, 0.5) is 0 Å². The molecular formula is C16H13BrO3. The first-order valence-corrected chi connectivity index (χ1v) is 6.86. The number of halogens is 1. The summed E-state index contributed by atoms with van der Waals surface area (Å²) >= 11 is 3.33. The van der Waals surface area contributed by atoms with Crippen LogP contribution in [-0.4, -0.2) is 11.8 Å². The number of ketones is 1. The highest BCUT2D eigenvalue weighted by Crippen LogP contribution is 2.32. The quantitative estimate of drug-likeness (QED) is 0.479. The molecule has 0 aliphatic carbocycles. The Morgan fingerprint density at radius 2 is 1.75 bits per heavy atom. The lowest BCUT2D eigenvalue weighted by Gasteiger charge is -2.10. The molecule has 0 amide bonds. The van der Waals surface area contributed by atoms with E-state index in [0.29, 0.717) is 15.8 Å². The predicted octanol–water partition coefficient (Wildman–Crippen LogP) is 4.24. The molecule has 2 aromatic rings. The Morgan fingerprint density at radius 1 is 1.05 bits per heavy atom. The first-order chi connectivity index (χ1) is 9.49. The van der Waals surface area contributed by atoms with Crippen LogP contribution in [0, 0.1) is 0 Å². The molecule has 0 unspecified atom stereocenters. The average molecular weight is 333 g/mol. The molecule has 0 bridgehead atoms. The fourth-order valence-electron chi connectivity index (χ4n) is 1.95. The number of benzene rings is 2. The van der Waals surface area contributed by atoms with Gasteiger partial charge in [0.1, 0.15) is 5.75 Å². The van der Waals surface area contributed by atoms with Crippen LogP contribution in [0.25, 0.3) is 11.1 Å². The van der Waals surface area contributed by atoms with Gasteiger partial charge in [-0.25, -0.2) is 0 Å². The molecule has 0 heterocycles. The van der Waals surface area contributed by atoms with Crippen molar-refractivity contribution in [2.24, 2.45) is 0 Å². The maximum Gasteiger partial charge on any atom is 0.308 e. The van der Waals surface area contributed by atoms with Crippen molar-refractivity contribution < 1.29 is 14.3 Å². The van der Waals surface area contributed by atoms with Crippen LogP contribution in [-0.2, 0) is 4.79 Å². The van der Waals surface area contributed by atoms with E-state index >= 15 is 0 Å². The summed E-state index contributed by atoms with van der Waals surface area (Å²) < 4.78 is 5.83. The van der Waals surface area contributed by atoms with E-state index in [9.17, 15) is 9.59 Å². The van der Waals surface area contributed by atoms with E-state index in [-0.39, 0.29) is 11.8 Å². The smallest absolute Gasteiger partial charge is 0.308 e. The molecule has 4 heteroatoms. The minimum atomic E-state index is -0.386. The van der Waals surface area contributed by atoms with E-state index in [1.54, 1.807) is 18.2 Å². The van der Waals surface area contributed by atoms with Crippen LogP contribution in [0.2, 0.25) is 0 Å². The van der Waals surface area contributed by atoms with Gasteiger partial charge in [-0.15, -0.1) is 0 Å². The SMILES string of the molecule is CC(=O)Oc1cc(-c2ccccc2C(C)=O)ccc1Br. The molecule has 0 atom stereocenters. The van der Waals surface area contributed by atoms with Crippen molar-refractivity contribution in [1.29, 1.82) is 0 Å². The van der Waals surface area contributed by atoms with Gasteiger partial charge in [0.2, 0.25) is 0 Å². The summed E-state index contributed by atoms with van der Waals surface area (Å²) in [5.74, 6) is 0.0496. The molecule has 0 saturated carbocycles. The number of rotatable bonds is 3. The van der Waals surface area contributed by atoms with E-state index in [0.717, 1.165) is 11.1 Å². The van der Waals surface area contributed by atoms with Gasteiger partial charge in [0.15, 0.2) is 5.78 Å². The Bertz CT molecular complexity index is 677. The number of carbonyl (C=O) groups excluding carboxylic acids is 2. The molecule has 102 valence electrons. The third-order valence-electron chi connectivity index (χ3n) is 2.80. The van der Waals surface area contributed by atoms with E-state index in [4.69, 9.17) is 4.74 Å². The van der Waals surface area contributed by atoms with Gasteiger partial charge < -0.3 is 4.74 Å². The zero-order chi connectivity index (χ0) is 14.7. The largest absolute Gasteiger partial charge is 0.425 e. The lowest BCUT2D eigenvalue weighted by molar-refractivity contribution is -0.131. The molecule has 2 aromatic carbocycles. The lowest BCUT2D eigenvalue weighted by Crippen LogP contribution is -2.02. The fourth-order valence-corrected chi connectivity index (χ4v) is 2.27. The molecule has 0 fully saturated rings. The average Bonchev–Trinajstić information content (AvgIpc) is 2.40. The molecule has 20 heavy (non-hydrogen) atoms. The van der Waals surface area contributed by atoms with Gasteiger partial charge in [-0.05, 0) is 46.1 Å². The van der Waals surface area contributed by atoms with Crippen LogP contribution < -0.4 is 4.74 Å². The summed E-state index contributed by atoms with van der Waals surface area (Å²) in [4.78, 5) is 22.8. The van der Waals surface area contributed by atoms with Crippen LogP contribution >= 0.6 is 15.9 Å². The maximum atomic E-state index is 11.7. The van der Waals surface area contributed by atoms with Gasteiger partial charge in [0, 0.05) is 12.5 Å². The summed E-state index contributed by atoms with van der Waals surface area (Å²) in [6, 6.07) is 12.8. The van der Waals surface area contributed by atoms with Crippen LogP contribution in [0.1, 0.15) is 24.2 Å². The Balaban J connectivity index is 2.54. The summed E-state index contributed by atoms with van der Waals surface area (Å²) in [6.07, 6.45) is 0. The lowest BCUT2D eigenvalue weighted by atomic mass is 9.97. The highest BCUT2D eigenvalue weighted by Gasteiger charge is 2.11. The minimum Gasteiger partial charge on any atom is -0.425 e. The Labute approximate surface area is 125 Å². The first kappa shape index (κ1) is 14.5. The van der Waals surface area contributed by atoms with E-state index in [1.165, 1.54) is 13.8 Å². The van der Waals surface area contributed by atoms with Gasteiger partial charge in [-0.3, -0.25) is 9.59 Å². The number of hydrogen-bond donors (Lipinski definition) is 0. The monoisotopic (exact) mass is 332 g/mol. The highest BCUT2D eigenvalue weighted by atomic mass is 79.9. The number of esters is 1. The molecule has 0 aromatic heterocycles. The third kappa shape index (κ3) is 3.14. The normalized spacial score (nSPS) is 10.2. The second-order valence-corrected chi connectivity index (χ2v) is 5.19. The molecule has 3 nitrogen and oxygen atoms in total. The van der Waals surface area contributed by atoms with Crippen molar-refractivity contribution in [2.45, 2.75) is 13.8 Å². The standard InChI is InChI=1S/C16H13BrO3/c1-10(18)13-5-3-4-6-14(13)12-7-8-15(17)16(9-12)20-11(2)19/h3-9H,1-2H3. The number of hydrogen-bond acceptors (Lipinski definition) is 3. The zero-order valence-electron chi connectivity index (χ0n) is 11.1. The summed E-state index contributed by atoms with van der Waals surface area (Å²) in [5, 5.41) is 0. The highest BCUT2D eigenvalue weighted by molar-refractivity contribution is 9.10. The summed E-state index contributed by atoms with van der Waals surface area (Å²) in [6.45, 7) is 2.88. The van der Waals surface area contributed by atoms with E-state index in [1.807, 2.05) is 24.3 Å². The van der Waals surface area contributed by atoms with Gasteiger partial charge in [0.25, 0.3) is 0 Å². The Hall–Kier alpha value is -1.94. The summed E-state index contributed by atoms with van der Waals surface area (Å²) in [7, 11) is 0. The molecule has 0 spiro atoms. The second-order valence-electron chi connectivity index (χ2n) is 4.34. The predicted molar refractivity (Wildman–Crippen MR) is 80.9 cm³/mol. The Morgan fingerprint density at radius 3 is 2.40 bits per heavy atom. The van der Waals surface area contributed by atoms with Crippen molar-refractivity contribution in [2.75, 3.05) is 0 Å². The number of ether oxygens (including phenoxy) is 1. The molecule has 0 aliphatic heterocycles. The van der Waals surface area contributed by atoms with Gasteiger partial charge in [0.05, 0.1) is 4.47 Å². The van der Waals surface area contributed by atoms with Gasteiger partial charge in [-0.1, -0.05) is 30.3 Å². The van der Waals surface area contributed by atoms with E-state index in [2.05, 4.69) is 15.9 Å². The van der Waals surface area contributed by atoms with Crippen molar-refractivity contribution in [3.05, 3.63) is 52.5 Å². The molecule has 2 rings (SSSR count). The molecule has 0 saturated heterocycles. The molecule has 0 aliphatic rings. The Kier molecular flexibility index (Phi) is 4.35. The van der Waals surface area contributed by atoms with Crippen molar-refractivity contribution in [3.63, 3.8) is 0 Å². The number of carbonyl (C=O) groups is 2.